The van der Waals surface area contributed by atoms with Crippen LogP contribution in [0.15, 0.2) is 158 Å². The van der Waals surface area contributed by atoms with Gasteiger partial charge in [-0.05, 0) is 114 Å². The topological polar surface area (TPSA) is 0 Å². The molecule has 8 aromatic rings. The smallest absolute Gasteiger partial charge is 0.00201 e. The van der Waals surface area contributed by atoms with Crippen LogP contribution >= 0.6 is 0 Å². The van der Waals surface area contributed by atoms with Gasteiger partial charge in [0.05, 0.1) is 0 Å². The van der Waals surface area contributed by atoms with Gasteiger partial charge >= 0.3 is 0 Å². The molecule has 0 fully saturated rings. The third kappa shape index (κ3) is 4.31. The zero-order chi connectivity index (χ0) is 29.6. The molecule has 0 aliphatic carbocycles. The molecular formula is C44H32. The van der Waals surface area contributed by atoms with E-state index in [1.807, 2.05) is 0 Å². The molecular weight excluding hydrogens is 528 g/mol. The quantitative estimate of drug-likeness (QED) is 0.188. The van der Waals surface area contributed by atoms with Crippen LogP contribution in [0.4, 0.5) is 0 Å². The molecule has 0 amide bonds. The Kier molecular flexibility index (Phi) is 6.35. The second-order valence-corrected chi connectivity index (χ2v) is 11.8. The predicted octanol–water partition coefficient (Wildman–Crippen LogP) is 12.4. The second-order valence-electron chi connectivity index (χ2n) is 11.8. The molecule has 44 heavy (non-hydrogen) atoms. The van der Waals surface area contributed by atoms with Crippen LogP contribution in [-0.2, 0) is 0 Å². The normalized spacial score (nSPS) is 11.4. The molecule has 0 heteroatoms. The highest BCUT2D eigenvalue weighted by Gasteiger charge is 2.19. The second kappa shape index (κ2) is 10.7. The molecule has 0 aliphatic heterocycles. The van der Waals surface area contributed by atoms with Gasteiger partial charge in [-0.25, -0.2) is 0 Å². The molecule has 0 unspecified atom stereocenters. The summed E-state index contributed by atoms with van der Waals surface area (Å²) in [4.78, 5) is 0. The summed E-state index contributed by atoms with van der Waals surface area (Å²) in [6.07, 6.45) is 0. The van der Waals surface area contributed by atoms with E-state index in [-0.39, 0.29) is 0 Å². The monoisotopic (exact) mass is 560 g/mol. The first-order chi connectivity index (χ1) is 21.7. The summed E-state index contributed by atoms with van der Waals surface area (Å²) in [7, 11) is 0. The number of aryl methyl sites for hydroxylation is 2. The van der Waals surface area contributed by atoms with Crippen LogP contribution in [0.2, 0.25) is 0 Å². The first-order valence-corrected chi connectivity index (χ1v) is 15.4. The average Bonchev–Trinajstić information content (AvgIpc) is 3.08. The lowest BCUT2D eigenvalue weighted by Gasteiger charge is -2.20. The van der Waals surface area contributed by atoms with E-state index in [1.54, 1.807) is 0 Å². The summed E-state index contributed by atoms with van der Waals surface area (Å²) < 4.78 is 0. The summed E-state index contributed by atoms with van der Waals surface area (Å²) in [5, 5.41) is 7.61. The van der Waals surface area contributed by atoms with Gasteiger partial charge in [-0.2, -0.15) is 0 Å². The van der Waals surface area contributed by atoms with Crippen molar-refractivity contribution in [1.82, 2.24) is 0 Å². The van der Waals surface area contributed by atoms with Gasteiger partial charge in [0.2, 0.25) is 0 Å². The van der Waals surface area contributed by atoms with E-state index in [0.717, 1.165) is 0 Å². The van der Waals surface area contributed by atoms with Crippen LogP contribution in [0.1, 0.15) is 11.1 Å². The summed E-state index contributed by atoms with van der Waals surface area (Å²) in [6, 6.07) is 57.9. The molecule has 0 spiro atoms. The molecule has 0 nitrogen and oxygen atoms in total. The minimum absolute atomic E-state index is 1.23. The van der Waals surface area contributed by atoms with Crippen molar-refractivity contribution in [3.63, 3.8) is 0 Å². The maximum atomic E-state index is 2.40. The minimum Gasteiger partial charge on any atom is -0.0620 e. The zero-order valence-corrected chi connectivity index (χ0v) is 25.0. The summed E-state index contributed by atoms with van der Waals surface area (Å²) in [5.41, 5.74) is 12.7. The van der Waals surface area contributed by atoms with Crippen molar-refractivity contribution < 1.29 is 0 Å². The van der Waals surface area contributed by atoms with Crippen molar-refractivity contribution in [1.29, 1.82) is 0 Å². The van der Waals surface area contributed by atoms with Gasteiger partial charge in [0.25, 0.3) is 0 Å². The summed E-state index contributed by atoms with van der Waals surface area (Å²) in [5.74, 6) is 0. The Bertz CT molecular complexity index is 2300. The van der Waals surface area contributed by atoms with Crippen LogP contribution in [0, 0.1) is 13.8 Å². The van der Waals surface area contributed by atoms with Crippen molar-refractivity contribution >= 4 is 32.3 Å². The molecule has 8 rings (SSSR count). The number of hydrogen-bond donors (Lipinski definition) is 0. The molecule has 0 bridgehead atoms. The van der Waals surface area contributed by atoms with E-state index < -0.39 is 0 Å². The van der Waals surface area contributed by atoms with Gasteiger partial charge in [0.1, 0.15) is 0 Å². The minimum atomic E-state index is 1.23. The third-order valence-corrected chi connectivity index (χ3v) is 9.15. The number of hydrogen-bond acceptors (Lipinski definition) is 0. The maximum absolute atomic E-state index is 2.40. The lowest BCUT2D eigenvalue weighted by molar-refractivity contribution is 1.41. The van der Waals surface area contributed by atoms with E-state index in [4.69, 9.17) is 0 Å². The van der Waals surface area contributed by atoms with Crippen LogP contribution in [0.5, 0.6) is 0 Å². The average molecular weight is 561 g/mol. The van der Waals surface area contributed by atoms with Crippen molar-refractivity contribution in [3.05, 3.63) is 169 Å². The Hall–Kier alpha value is -5.46. The Morgan fingerprint density at radius 3 is 1.48 bits per heavy atom. The number of benzene rings is 8. The Morgan fingerprint density at radius 2 is 0.795 bits per heavy atom. The molecule has 0 aromatic heterocycles. The molecule has 0 saturated carbocycles. The van der Waals surface area contributed by atoms with Gasteiger partial charge in [0, 0.05) is 0 Å². The summed E-state index contributed by atoms with van der Waals surface area (Å²) >= 11 is 0. The largest absolute Gasteiger partial charge is 0.0620 e. The highest BCUT2D eigenvalue weighted by molar-refractivity contribution is 6.22. The van der Waals surface area contributed by atoms with E-state index in [1.165, 1.54) is 88.0 Å². The lowest BCUT2D eigenvalue weighted by Crippen LogP contribution is -1.94. The Labute approximate surface area is 258 Å². The van der Waals surface area contributed by atoms with E-state index in [0.29, 0.717) is 0 Å². The van der Waals surface area contributed by atoms with Crippen LogP contribution in [-0.4, -0.2) is 0 Å². The van der Waals surface area contributed by atoms with Crippen molar-refractivity contribution in [2.45, 2.75) is 13.8 Å². The number of rotatable bonds is 4. The molecule has 0 saturated heterocycles. The lowest BCUT2D eigenvalue weighted by atomic mass is 9.83. The fourth-order valence-electron chi connectivity index (χ4n) is 6.98. The maximum Gasteiger partial charge on any atom is -0.00201 e. The molecule has 8 aromatic carbocycles. The van der Waals surface area contributed by atoms with E-state index in [9.17, 15) is 0 Å². The molecule has 0 N–H and O–H groups in total. The first kappa shape index (κ1) is 26.2. The number of fused-ring (bicyclic) bond motifs is 3. The SMILES string of the molecule is Cc1ccccc1-c1cc(-c2c3ccccc3c(-c3ccccc3-c3ccc4ccccc4c3)c3ccccc23)ccc1C. The first-order valence-electron chi connectivity index (χ1n) is 15.4. The Morgan fingerprint density at radius 1 is 0.295 bits per heavy atom. The van der Waals surface area contributed by atoms with Crippen LogP contribution in [0.3, 0.4) is 0 Å². The van der Waals surface area contributed by atoms with Crippen molar-refractivity contribution in [2.75, 3.05) is 0 Å². The van der Waals surface area contributed by atoms with Crippen LogP contribution in [0.25, 0.3) is 76.8 Å². The van der Waals surface area contributed by atoms with E-state index in [2.05, 4.69) is 172 Å². The van der Waals surface area contributed by atoms with Gasteiger partial charge in [-0.1, -0.05) is 146 Å². The molecule has 0 heterocycles. The van der Waals surface area contributed by atoms with E-state index >= 15 is 0 Å². The van der Waals surface area contributed by atoms with Crippen LogP contribution < -0.4 is 0 Å². The standard InChI is InChI=1S/C44H32/c1-29-13-3-6-16-35(29)42-28-34(24-23-30(42)2)43-38-19-9-11-21-40(38)44(41-22-12-10-20-39(41)43)37-18-8-7-17-36(37)33-26-25-31-14-4-5-15-32(31)27-33/h3-28H,1-2H3. The fraction of sp³-hybridized carbons (Fsp3) is 0.0455. The Balaban J connectivity index is 1.42. The molecule has 208 valence electrons. The van der Waals surface area contributed by atoms with Gasteiger partial charge < -0.3 is 0 Å². The summed E-state index contributed by atoms with van der Waals surface area (Å²) in [6.45, 7) is 4.42. The highest BCUT2D eigenvalue weighted by Crippen LogP contribution is 2.46. The molecule has 0 radical (unpaired) electrons. The van der Waals surface area contributed by atoms with Crippen molar-refractivity contribution in [3.8, 4) is 44.5 Å². The van der Waals surface area contributed by atoms with Gasteiger partial charge in [-0.15, -0.1) is 0 Å². The molecule has 0 atom stereocenters. The van der Waals surface area contributed by atoms with Crippen molar-refractivity contribution in [2.24, 2.45) is 0 Å². The predicted molar refractivity (Wildman–Crippen MR) is 190 cm³/mol. The third-order valence-electron chi connectivity index (χ3n) is 9.15. The fourth-order valence-corrected chi connectivity index (χ4v) is 6.98. The van der Waals surface area contributed by atoms with Gasteiger partial charge in [0.15, 0.2) is 0 Å². The highest BCUT2D eigenvalue weighted by atomic mass is 14.2. The van der Waals surface area contributed by atoms with Gasteiger partial charge in [-0.3, -0.25) is 0 Å². The molecule has 0 aliphatic rings. The zero-order valence-electron chi connectivity index (χ0n) is 25.0.